The lowest BCUT2D eigenvalue weighted by Gasteiger charge is -2.15. The lowest BCUT2D eigenvalue weighted by Crippen LogP contribution is -2.39. The third-order valence-corrected chi connectivity index (χ3v) is 7.24. The first-order chi connectivity index (χ1) is 16.2. The molecule has 176 valence electrons. The fourth-order valence-corrected chi connectivity index (χ4v) is 5.69. The molecule has 0 spiro atoms. The van der Waals surface area contributed by atoms with Crippen molar-refractivity contribution in [2.24, 2.45) is 13.0 Å². The predicted octanol–water partition coefficient (Wildman–Crippen LogP) is 3.34. The van der Waals surface area contributed by atoms with E-state index in [-0.39, 0.29) is 11.6 Å². The molecule has 0 N–H and O–H groups in total. The highest BCUT2D eigenvalue weighted by molar-refractivity contribution is 7.98. The van der Waals surface area contributed by atoms with E-state index in [4.69, 9.17) is 4.42 Å². The van der Waals surface area contributed by atoms with Gasteiger partial charge in [0.15, 0.2) is 5.65 Å². The topological polar surface area (TPSA) is 100.0 Å². The second kappa shape index (κ2) is 8.54. The van der Waals surface area contributed by atoms with Gasteiger partial charge in [0, 0.05) is 30.8 Å². The first kappa shape index (κ1) is 22.6. The van der Waals surface area contributed by atoms with Gasteiger partial charge >= 0.3 is 11.3 Å². The molecular formula is C25H26N4O4S. The number of fused-ring (bicyclic) bond motifs is 3. The third-order valence-electron chi connectivity index (χ3n) is 6.22. The van der Waals surface area contributed by atoms with Crippen molar-refractivity contribution in [3.63, 3.8) is 0 Å². The Labute approximate surface area is 199 Å². The molecule has 34 heavy (non-hydrogen) atoms. The molecule has 3 heterocycles. The van der Waals surface area contributed by atoms with Crippen LogP contribution in [0.3, 0.4) is 0 Å². The summed E-state index contributed by atoms with van der Waals surface area (Å²) in [6.45, 7) is 6.21. The second-order valence-corrected chi connectivity index (χ2v) is 10.2. The summed E-state index contributed by atoms with van der Waals surface area (Å²) in [5.41, 5.74) is 3.11. The highest BCUT2D eigenvalue weighted by atomic mass is 32.2. The zero-order valence-electron chi connectivity index (χ0n) is 19.7. The van der Waals surface area contributed by atoms with E-state index in [0.717, 1.165) is 34.8 Å². The van der Waals surface area contributed by atoms with Gasteiger partial charge in [0.2, 0.25) is 0 Å². The first-order valence-electron chi connectivity index (χ1n) is 11.4. The molecule has 4 aromatic rings. The van der Waals surface area contributed by atoms with E-state index in [1.165, 1.54) is 36.0 Å². The molecule has 0 fully saturated rings. The Bertz CT molecular complexity index is 1630. The maximum absolute atomic E-state index is 13.1. The van der Waals surface area contributed by atoms with Crippen molar-refractivity contribution >= 4 is 33.8 Å². The summed E-state index contributed by atoms with van der Waals surface area (Å²) < 4.78 is 8.15. The van der Waals surface area contributed by atoms with Crippen LogP contribution in [-0.2, 0) is 32.2 Å². The molecule has 1 aliphatic rings. The smallest absolute Gasteiger partial charge is 0.336 e. The van der Waals surface area contributed by atoms with Crippen molar-refractivity contribution in [3.05, 3.63) is 72.0 Å². The number of benzene rings is 1. The van der Waals surface area contributed by atoms with E-state index >= 15 is 0 Å². The van der Waals surface area contributed by atoms with Gasteiger partial charge in [0.05, 0.1) is 0 Å². The Morgan fingerprint density at radius 2 is 1.82 bits per heavy atom. The molecule has 0 atom stereocenters. The molecule has 0 amide bonds. The molecule has 3 aromatic heterocycles. The first-order valence-corrected chi connectivity index (χ1v) is 12.4. The lowest BCUT2D eigenvalue weighted by molar-refractivity contribution is 0.498. The molecule has 0 aliphatic heterocycles. The van der Waals surface area contributed by atoms with Gasteiger partial charge < -0.3 is 4.42 Å². The van der Waals surface area contributed by atoms with Crippen LogP contribution in [0, 0.1) is 12.8 Å². The van der Waals surface area contributed by atoms with E-state index < -0.39 is 11.2 Å². The largest absolute Gasteiger partial charge is 0.423 e. The Balaban J connectivity index is 1.64. The predicted molar refractivity (Wildman–Crippen MR) is 133 cm³/mol. The number of rotatable bonds is 5. The standard InChI is InChI=1S/C25H26N4O4S/c1-13(2)11-29-22-21(24(31)28(4)25(29)32)23(27-14(3)26-22)34-12-17-10-20(30)33-19-9-16-7-5-6-15(16)8-18(17)19/h8-10,13H,5-7,11-12H2,1-4H3. The van der Waals surface area contributed by atoms with Crippen LogP contribution in [0.5, 0.6) is 0 Å². The van der Waals surface area contributed by atoms with Crippen LogP contribution < -0.4 is 16.9 Å². The average molecular weight is 479 g/mol. The molecule has 0 saturated heterocycles. The van der Waals surface area contributed by atoms with Gasteiger partial charge in [-0.2, -0.15) is 0 Å². The second-order valence-electron chi connectivity index (χ2n) is 9.28. The molecule has 9 heteroatoms. The zero-order valence-corrected chi connectivity index (χ0v) is 20.5. The minimum Gasteiger partial charge on any atom is -0.423 e. The number of thioether (sulfide) groups is 1. The van der Waals surface area contributed by atoms with Crippen LogP contribution in [0.2, 0.25) is 0 Å². The van der Waals surface area contributed by atoms with Crippen LogP contribution in [0.1, 0.15) is 42.8 Å². The Kier molecular flexibility index (Phi) is 5.67. The van der Waals surface area contributed by atoms with Crippen molar-refractivity contribution in [1.82, 2.24) is 19.1 Å². The van der Waals surface area contributed by atoms with Gasteiger partial charge in [-0.25, -0.2) is 19.6 Å². The quantitative estimate of drug-likeness (QED) is 0.246. The van der Waals surface area contributed by atoms with Gasteiger partial charge in [-0.15, -0.1) is 11.8 Å². The summed E-state index contributed by atoms with van der Waals surface area (Å²) in [4.78, 5) is 47.2. The number of hydrogen-bond acceptors (Lipinski definition) is 7. The number of aryl methyl sites for hydroxylation is 3. The minimum absolute atomic E-state index is 0.196. The van der Waals surface area contributed by atoms with Crippen molar-refractivity contribution in [3.8, 4) is 0 Å². The van der Waals surface area contributed by atoms with Gasteiger partial charge in [0.1, 0.15) is 21.8 Å². The van der Waals surface area contributed by atoms with E-state index in [1.807, 2.05) is 19.9 Å². The van der Waals surface area contributed by atoms with E-state index in [1.54, 1.807) is 11.5 Å². The highest BCUT2D eigenvalue weighted by Crippen LogP contribution is 2.32. The molecule has 0 unspecified atom stereocenters. The monoisotopic (exact) mass is 478 g/mol. The maximum atomic E-state index is 13.1. The van der Waals surface area contributed by atoms with Gasteiger partial charge in [-0.1, -0.05) is 13.8 Å². The lowest BCUT2D eigenvalue weighted by atomic mass is 10.0. The van der Waals surface area contributed by atoms with Crippen LogP contribution in [-0.4, -0.2) is 19.1 Å². The van der Waals surface area contributed by atoms with Crippen molar-refractivity contribution < 1.29 is 4.42 Å². The molecule has 0 saturated carbocycles. The summed E-state index contributed by atoms with van der Waals surface area (Å²) in [6.07, 6.45) is 3.13. The number of aromatic nitrogens is 4. The molecular weight excluding hydrogens is 452 g/mol. The Morgan fingerprint density at radius 1 is 1.09 bits per heavy atom. The fraction of sp³-hybridized carbons (Fsp3) is 0.400. The van der Waals surface area contributed by atoms with E-state index in [0.29, 0.717) is 39.8 Å². The van der Waals surface area contributed by atoms with E-state index in [9.17, 15) is 14.4 Å². The van der Waals surface area contributed by atoms with Crippen LogP contribution in [0.25, 0.3) is 22.0 Å². The summed E-state index contributed by atoms with van der Waals surface area (Å²) in [6, 6.07) is 5.62. The summed E-state index contributed by atoms with van der Waals surface area (Å²) >= 11 is 1.37. The molecule has 5 rings (SSSR count). The molecule has 8 nitrogen and oxygen atoms in total. The Hall–Kier alpha value is -3.20. The van der Waals surface area contributed by atoms with Crippen LogP contribution >= 0.6 is 11.8 Å². The summed E-state index contributed by atoms with van der Waals surface area (Å²) in [5.74, 6) is 1.11. The van der Waals surface area contributed by atoms with E-state index in [2.05, 4.69) is 16.0 Å². The average Bonchev–Trinajstić information content (AvgIpc) is 3.24. The van der Waals surface area contributed by atoms with Crippen molar-refractivity contribution in [2.75, 3.05) is 0 Å². The van der Waals surface area contributed by atoms with Crippen LogP contribution in [0.15, 0.2) is 42.0 Å². The fourth-order valence-electron chi connectivity index (χ4n) is 4.64. The third kappa shape index (κ3) is 3.87. The maximum Gasteiger partial charge on any atom is 0.336 e. The molecule has 1 aliphatic carbocycles. The van der Waals surface area contributed by atoms with Gasteiger partial charge in [0.25, 0.3) is 5.56 Å². The van der Waals surface area contributed by atoms with Gasteiger partial charge in [-0.05, 0) is 60.9 Å². The molecule has 0 bridgehead atoms. The molecule has 1 aromatic carbocycles. The Morgan fingerprint density at radius 3 is 2.56 bits per heavy atom. The van der Waals surface area contributed by atoms with Gasteiger partial charge in [-0.3, -0.25) is 13.9 Å². The van der Waals surface area contributed by atoms with Crippen LogP contribution in [0.4, 0.5) is 0 Å². The minimum atomic E-state index is -0.419. The highest BCUT2D eigenvalue weighted by Gasteiger charge is 2.20. The molecule has 0 radical (unpaired) electrons. The summed E-state index contributed by atoms with van der Waals surface area (Å²) in [5, 5.41) is 1.74. The normalized spacial score (nSPS) is 13.3. The van der Waals surface area contributed by atoms with Crippen molar-refractivity contribution in [1.29, 1.82) is 0 Å². The number of hydrogen-bond donors (Lipinski definition) is 0. The van der Waals surface area contributed by atoms with Crippen molar-refractivity contribution in [2.45, 2.75) is 57.4 Å². The SMILES string of the molecule is Cc1nc(SCc2cc(=O)oc3cc4c(cc23)CCC4)c2c(=O)n(C)c(=O)n(CC(C)C)c2n1. The number of nitrogens with zero attached hydrogens (tertiary/aromatic N) is 4. The zero-order chi connectivity index (χ0) is 24.1. The summed E-state index contributed by atoms with van der Waals surface area (Å²) in [7, 11) is 1.48.